The van der Waals surface area contributed by atoms with Gasteiger partial charge >= 0.3 is 11.9 Å². The van der Waals surface area contributed by atoms with E-state index >= 15 is 0 Å². The molecule has 1 fully saturated rings. The number of allylic oxidation sites excluding steroid dienone is 2. The number of carboxylic acids is 2. The Balaban J connectivity index is 0.000000501. The molecule has 1 atom stereocenters. The summed E-state index contributed by atoms with van der Waals surface area (Å²) in [5.41, 5.74) is 1.22. The summed E-state index contributed by atoms with van der Waals surface area (Å²) in [7, 11) is 0. The van der Waals surface area contributed by atoms with Crippen LogP contribution in [0.3, 0.4) is 0 Å². The van der Waals surface area contributed by atoms with E-state index in [2.05, 4.69) is 36.1 Å². The lowest BCUT2D eigenvalue weighted by atomic mass is 9.91. The summed E-state index contributed by atoms with van der Waals surface area (Å²) >= 11 is 0. The van der Waals surface area contributed by atoms with Crippen molar-refractivity contribution in [3.63, 3.8) is 0 Å². The van der Waals surface area contributed by atoms with Gasteiger partial charge in [0, 0.05) is 25.6 Å². The summed E-state index contributed by atoms with van der Waals surface area (Å²) in [4.78, 5) is 35.7. The highest BCUT2D eigenvalue weighted by atomic mass is 16.4. The lowest BCUT2D eigenvalue weighted by Gasteiger charge is -2.36. The largest absolute Gasteiger partial charge is 0.473 e. The predicted molar refractivity (Wildman–Crippen MR) is 118 cm³/mol. The molecule has 1 aromatic rings. The lowest BCUT2D eigenvalue weighted by Crippen LogP contribution is -2.43. The molecule has 1 saturated heterocycles. The molecule has 7 nitrogen and oxygen atoms in total. The van der Waals surface area contributed by atoms with Crippen LogP contribution < -0.4 is 0 Å². The number of rotatable bonds is 6. The number of carbonyl (C=O) groups is 3. The van der Waals surface area contributed by atoms with Crippen LogP contribution in [0.2, 0.25) is 0 Å². The summed E-state index contributed by atoms with van der Waals surface area (Å²) in [6, 6.07) is 10.3. The van der Waals surface area contributed by atoms with Gasteiger partial charge in [0.05, 0.1) is 0 Å². The molecule has 1 amide bonds. The molecular formula is C24H34N2O5. The van der Waals surface area contributed by atoms with E-state index in [0.29, 0.717) is 5.91 Å². The number of hydrogen-bond donors (Lipinski definition) is 2. The van der Waals surface area contributed by atoms with Crippen molar-refractivity contribution in [1.82, 2.24) is 9.80 Å². The number of carboxylic acid groups (broad SMARTS) is 2. The van der Waals surface area contributed by atoms with E-state index in [1.807, 2.05) is 23.1 Å². The molecule has 1 heterocycles. The van der Waals surface area contributed by atoms with Crippen molar-refractivity contribution in [2.24, 2.45) is 11.8 Å². The smallest absolute Gasteiger partial charge is 0.414 e. The molecule has 3 rings (SSSR count). The number of benzene rings is 1. The SMILES string of the molecule is CCN(Cc1ccccc1)C(=O)C1CCN(CC2CC=CCC2)CC1.O=C(O)C(=O)O. The third-order valence-corrected chi connectivity index (χ3v) is 5.92. The van der Waals surface area contributed by atoms with Crippen molar-refractivity contribution >= 4 is 17.8 Å². The fraction of sp³-hybridized carbons (Fsp3) is 0.542. The van der Waals surface area contributed by atoms with Crippen LogP contribution in [0.15, 0.2) is 42.5 Å². The predicted octanol–water partition coefficient (Wildman–Crippen LogP) is 3.26. The number of piperidine rings is 1. The highest BCUT2D eigenvalue weighted by Gasteiger charge is 2.29. The Kier molecular flexibility index (Phi) is 10.2. The van der Waals surface area contributed by atoms with E-state index in [-0.39, 0.29) is 5.92 Å². The van der Waals surface area contributed by atoms with Gasteiger partial charge in [-0.3, -0.25) is 4.79 Å². The van der Waals surface area contributed by atoms with Crippen LogP contribution in [-0.2, 0) is 20.9 Å². The Labute approximate surface area is 184 Å². The minimum Gasteiger partial charge on any atom is -0.473 e. The molecule has 0 aromatic heterocycles. The van der Waals surface area contributed by atoms with Gasteiger partial charge in [0.25, 0.3) is 0 Å². The lowest BCUT2D eigenvalue weighted by molar-refractivity contribution is -0.159. The molecule has 7 heteroatoms. The first-order valence-corrected chi connectivity index (χ1v) is 11.1. The van der Waals surface area contributed by atoms with Crippen LogP contribution in [0, 0.1) is 11.8 Å². The standard InChI is InChI=1S/C22H32N2O.C2H2O4/c1-2-24(18-20-11-7-4-8-12-20)22(25)21-13-15-23(16-14-21)17-19-9-5-3-6-10-19;3-1(4)2(5)6/h3-5,7-8,11-12,19,21H,2,6,9-10,13-18H2,1H3;(H,3,4)(H,5,6). The number of hydrogen-bond acceptors (Lipinski definition) is 4. The molecule has 1 aromatic carbocycles. The molecule has 1 aliphatic carbocycles. The van der Waals surface area contributed by atoms with Crippen LogP contribution in [0.5, 0.6) is 0 Å². The van der Waals surface area contributed by atoms with Crippen molar-refractivity contribution in [2.45, 2.75) is 45.6 Å². The van der Waals surface area contributed by atoms with Crippen LogP contribution in [0.4, 0.5) is 0 Å². The number of aliphatic carboxylic acids is 2. The molecule has 170 valence electrons. The van der Waals surface area contributed by atoms with Gasteiger partial charge in [-0.25, -0.2) is 9.59 Å². The fourth-order valence-corrected chi connectivity index (χ4v) is 4.16. The van der Waals surface area contributed by atoms with E-state index in [4.69, 9.17) is 19.8 Å². The molecule has 31 heavy (non-hydrogen) atoms. The van der Waals surface area contributed by atoms with Crippen molar-refractivity contribution in [1.29, 1.82) is 0 Å². The first kappa shape index (κ1) is 24.6. The van der Waals surface area contributed by atoms with Crippen LogP contribution in [-0.4, -0.2) is 64.0 Å². The number of nitrogens with zero attached hydrogens (tertiary/aromatic N) is 2. The normalized spacial score (nSPS) is 19.2. The monoisotopic (exact) mass is 430 g/mol. The summed E-state index contributed by atoms with van der Waals surface area (Å²) in [5, 5.41) is 14.8. The minimum absolute atomic E-state index is 0.214. The van der Waals surface area contributed by atoms with E-state index < -0.39 is 11.9 Å². The summed E-state index contributed by atoms with van der Waals surface area (Å²) in [6.07, 6.45) is 10.5. The topological polar surface area (TPSA) is 98.2 Å². The van der Waals surface area contributed by atoms with E-state index in [9.17, 15) is 4.79 Å². The number of amides is 1. The zero-order chi connectivity index (χ0) is 22.6. The van der Waals surface area contributed by atoms with Crippen molar-refractivity contribution in [3.8, 4) is 0 Å². The third-order valence-electron chi connectivity index (χ3n) is 5.92. The highest BCUT2D eigenvalue weighted by molar-refractivity contribution is 6.27. The van der Waals surface area contributed by atoms with Crippen LogP contribution >= 0.6 is 0 Å². The second-order valence-electron chi connectivity index (χ2n) is 8.17. The Morgan fingerprint density at radius 2 is 1.65 bits per heavy atom. The summed E-state index contributed by atoms with van der Waals surface area (Å²) < 4.78 is 0. The fourth-order valence-electron chi connectivity index (χ4n) is 4.16. The van der Waals surface area contributed by atoms with E-state index in [0.717, 1.165) is 44.9 Å². The van der Waals surface area contributed by atoms with E-state index in [1.54, 1.807) is 0 Å². The third kappa shape index (κ3) is 8.53. The van der Waals surface area contributed by atoms with Gasteiger partial charge < -0.3 is 20.0 Å². The van der Waals surface area contributed by atoms with Gasteiger partial charge in [-0.05, 0) is 63.6 Å². The Morgan fingerprint density at radius 1 is 1.00 bits per heavy atom. The zero-order valence-corrected chi connectivity index (χ0v) is 18.3. The Morgan fingerprint density at radius 3 is 2.16 bits per heavy atom. The second kappa shape index (κ2) is 12.9. The number of carbonyl (C=O) groups excluding carboxylic acids is 1. The molecule has 0 radical (unpaired) electrons. The second-order valence-corrected chi connectivity index (χ2v) is 8.17. The maximum atomic E-state index is 12.9. The van der Waals surface area contributed by atoms with Crippen molar-refractivity contribution < 1.29 is 24.6 Å². The summed E-state index contributed by atoms with van der Waals surface area (Å²) in [6.45, 7) is 7.01. The van der Waals surface area contributed by atoms with Crippen LogP contribution in [0.1, 0.15) is 44.6 Å². The van der Waals surface area contributed by atoms with Gasteiger partial charge in [-0.2, -0.15) is 0 Å². The van der Waals surface area contributed by atoms with Gasteiger partial charge in [-0.1, -0.05) is 42.5 Å². The molecule has 2 N–H and O–H groups in total. The maximum absolute atomic E-state index is 12.9. The molecule has 1 unspecified atom stereocenters. The minimum atomic E-state index is -1.82. The van der Waals surface area contributed by atoms with Gasteiger partial charge in [0.2, 0.25) is 5.91 Å². The average molecular weight is 431 g/mol. The van der Waals surface area contributed by atoms with Crippen LogP contribution in [0.25, 0.3) is 0 Å². The van der Waals surface area contributed by atoms with Gasteiger partial charge in [0.1, 0.15) is 0 Å². The van der Waals surface area contributed by atoms with E-state index in [1.165, 1.54) is 31.4 Å². The first-order chi connectivity index (χ1) is 14.9. The Hall–Kier alpha value is -2.67. The quantitative estimate of drug-likeness (QED) is 0.531. The highest BCUT2D eigenvalue weighted by Crippen LogP contribution is 2.24. The van der Waals surface area contributed by atoms with Crippen molar-refractivity contribution in [3.05, 3.63) is 48.0 Å². The first-order valence-electron chi connectivity index (χ1n) is 11.1. The van der Waals surface area contributed by atoms with Gasteiger partial charge in [0.15, 0.2) is 0 Å². The molecule has 1 aliphatic heterocycles. The number of likely N-dealkylation sites (tertiary alicyclic amines) is 1. The Bertz CT molecular complexity index is 730. The van der Waals surface area contributed by atoms with Crippen molar-refractivity contribution in [2.75, 3.05) is 26.2 Å². The molecular weight excluding hydrogens is 396 g/mol. The average Bonchev–Trinajstić information content (AvgIpc) is 2.79. The molecule has 0 saturated carbocycles. The molecule has 2 aliphatic rings. The van der Waals surface area contributed by atoms with Gasteiger partial charge in [-0.15, -0.1) is 0 Å². The molecule has 0 bridgehead atoms. The maximum Gasteiger partial charge on any atom is 0.414 e. The zero-order valence-electron chi connectivity index (χ0n) is 18.3. The molecule has 0 spiro atoms. The summed E-state index contributed by atoms with van der Waals surface area (Å²) in [5.74, 6) is -2.26.